The van der Waals surface area contributed by atoms with Crippen molar-refractivity contribution in [3.8, 4) is 0 Å². The number of likely N-dealkylation sites (tertiary alicyclic amines) is 1. The largest absolute Gasteiger partial charge is 0.324 e. The van der Waals surface area contributed by atoms with E-state index >= 15 is 0 Å². The number of hydrogen-bond donors (Lipinski definition) is 0. The first-order valence-corrected chi connectivity index (χ1v) is 13.2. The molecule has 1 aliphatic carbocycles. The van der Waals surface area contributed by atoms with Gasteiger partial charge in [0.2, 0.25) is 0 Å². The molecule has 1 aromatic carbocycles. The summed E-state index contributed by atoms with van der Waals surface area (Å²) in [6, 6.07) is 6.93. The number of hydrogen-bond acceptors (Lipinski definition) is 2. The highest BCUT2D eigenvalue weighted by Crippen LogP contribution is 2.36. The number of rotatable bonds is 7. The molecule has 0 aromatic heterocycles. The Morgan fingerprint density at radius 2 is 1.72 bits per heavy atom. The molecule has 2 heteroatoms. The van der Waals surface area contributed by atoms with Crippen molar-refractivity contribution in [2.24, 2.45) is 5.41 Å². The smallest absolute Gasteiger partial charge is 0.0380 e. The molecule has 0 amide bonds. The summed E-state index contributed by atoms with van der Waals surface area (Å²) in [5.74, 6) is 0. The quantitative estimate of drug-likeness (QED) is 0.288. The topological polar surface area (TPSA) is 6.48 Å². The Labute approximate surface area is 219 Å². The lowest BCUT2D eigenvalue weighted by atomic mass is 9.76. The number of nitrogens with zero attached hydrogens (tertiary/aromatic N) is 2. The zero-order valence-electron chi connectivity index (χ0n) is 22.7. The van der Waals surface area contributed by atoms with Crippen LogP contribution in [0.15, 0.2) is 109 Å². The molecule has 3 aliphatic rings. The summed E-state index contributed by atoms with van der Waals surface area (Å²) in [7, 11) is 0. The van der Waals surface area contributed by atoms with E-state index < -0.39 is 0 Å². The first-order chi connectivity index (χ1) is 17.1. The normalized spacial score (nSPS) is 21.3. The maximum absolute atomic E-state index is 4.39. The van der Waals surface area contributed by atoms with Crippen LogP contribution in [-0.2, 0) is 12.8 Å². The third-order valence-electron chi connectivity index (χ3n) is 7.69. The Hall–Kier alpha value is -3.10. The molecule has 2 aliphatic heterocycles. The van der Waals surface area contributed by atoms with Gasteiger partial charge in [-0.05, 0) is 98.1 Å². The van der Waals surface area contributed by atoms with E-state index in [0.717, 1.165) is 30.9 Å². The van der Waals surface area contributed by atoms with Gasteiger partial charge in [-0.15, -0.1) is 0 Å². The van der Waals surface area contributed by atoms with Crippen LogP contribution in [0.25, 0.3) is 5.57 Å². The van der Waals surface area contributed by atoms with Crippen molar-refractivity contribution in [2.45, 2.75) is 53.4 Å². The summed E-state index contributed by atoms with van der Waals surface area (Å²) in [6.45, 7) is 24.7. The predicted octanol–water partition coefficient (Wildman–Crippen LogP) is 8.15. The van der Waals surface area contributed by atoms with Crippen LogP contribution in [0.5, 0.6) is 0 Å². The SMILES string of the molecule is C=C1/C=C\N(C(=C)/C=C(\C=C(C)C)CN2CC(C)(C(=C)C)C2)/C=C\C=C1c1ccc2c(c1)CCCC2. The average molecular weight is 479 g/mol. The molecule has 0 N–H and O–H groups in total. The highest BCUT2D eigenvalue weighted by molar-refractivity contribution is 5.82. The second-order valence-electron chi connectivity index (χ2n) is 11.3. The molecule has 0 spiro atoms. The highest BCUT2D eigenvalue weighted by atomic mass is 15.2. The average Bonchev–Trinajstić information content (AvgIpc) is 2.79. The molecule has 36 heavy (non-hydrogen) atoms. The van der Waals surface area contributed by atoms with E-state index in [9.17, 15) is 0 Å². The van der Waals surface area contributed by atoms with Crippen LogP contribution >= 0.6 is 0 Å². The molecule has 4 rings (SSSR count). The number of aryl methyl sites for hydroxylation is 2. The van der Waals surface area contributed by atoms with Crippen molar-refractivity contribution < 1.29 is 0 Å². The van der Waals surface area contributed by atoms with Crippen LogP contribution < -0.4 is 0 Å². The minimum Gasteiger partial charge on any atom is -0.324 e. The summed E-state index contributed by atoms with van der Waals surface area (Å²) in [5.41, 5.74) is 11.5. The Kier molecular flexibility index (Phi) is 7.85. The molecule has 2 nitrogen and oxygen atoms in total. The van der Waals surface area contributed by atoms with E-state index in [1.165, 1.54) is 64.7 Å². The third-order valence-corrected chi connectivity index (χ3v) is 7.69. The monoisotopic (exact) mass is 478 g/mol. The summed E-state index contributed by atoms with van der Waals surface area (Å²) < 4.78 is 0. The predicted molar refractivity (Wildman–Crippen MR) is 156 cm³/mol. The molecule has 0 unspecified atom stereocenters. The maximum Gasteiger partial charge on any atom is 0.0380 e. The fourth-order valence-electron chi connectivity index (χ4n) is 5.40. The van der Waals surface area contributed by atoms with Gasteiger partial charge in [-0.1, -0.05) is 68.2 Å². The van der Waals surface area contributed by atoms with E-state index in [1.807, 2.05) is 0 Å². The fourth-order valence-corrected chi connectivity index (χ4v) is 5.40. The molecule has 188 valence electrons. The van der Waals surface area contributed by atoms with Crippen LogP contribution in [0.4, 0.5) is 0 Å². The molecular formula is C34H42N2. The van der Waals surface area contributed by atoms with Gasteiger partial charge in [-0.3, -0.25) is 4.90 Å². The summed E-state index contributed by atoms with van der Waals surface area (Å²) in [6.07, 6.45) is 20.0. The van der Waals surface area contributed by atoms with Gasteiger partial charge in [-0.2, -0.15) is 0 Å². The van der Waals surface area contributed by atoms with Gasteiger partial charge in [0.1, 0.15) is 0 Å². The molecule has 1 saturated heterocycles. The second-order valence-corrected chi connectivity index (χ2v) is 11.3. The number of fused-ring (bicyclic) bond motifs is 1. The molecule has 1 aromatic rings. The van der Waals surface area contributed by atoms with Crippen molar-refractivity contribution in [1.29, 1.82) is 0 Å². The van der Waals surface area contributed by atoms with Crippen molar-refractivity contribution in [3.05, 3.63) is 125 Å². The lowest BCUT2D eigenvalue weighted by molar-refractivity contribution is 0.0557. The maximum atomic E-state index is 4.39. The van der Waals surface area contributed by atoms with Gasteiger partial charge in [0.25, 0.3) is 0 Å². The lowest BCUT2D eigenvalue weighted by Crippen LogP contribution is -2.55. The fraction of sp³-hybridized carbons (Fsp3) is 0.353. The standard InChI is InChI=1S/C34H42N2/c1-25(2)19-29(22-35-23-34(7,24-35)26(3)4)20-28(6)36-17-10-13-33(27(5)16-18-36)32-15-14-30-11-8-9-12-31(30)21-32/h10,13-21H,3,5-6,8-9,11-12,22-24H2,1-2,4,7H3/b17-10-,18-16-,29-20+,33-13?. The van der Waals surface area contributed by atoms with E-state index in [1.54, 1.807) is 0 Å². The van der Waals surface area contributed by atoms with E-state index in [0.29, 0.717) is 0 Å². The molecule has 0 radical (unpaired) electrons. The van der Waals surface area contributed by atoms with Gasteiger partial charge in [0, 0.05) is 43.1 Å². The van der Waals surface area contributed by atoms with Crippen LogP contribution in [0.3, 0.4) is 0 Å². The Morgan fingerprint density at radius 1 is 1.00 bits per heavy atom. The van der Waals surface area contributed by atoms with E-state index in [-0.39, 0.29) is 5.41 Å². The van der Waals surface area contributed by atoms with E-state index in [4.69, 9.17) is 0 Å². The lowest BCUT2D eigenvalue weighted by Gasteiger charge is -2.49. The highest BCUT2D eigenvalue weighted by Gasteiger charge is 2.39. The first kappa shape index (κ1) is 26.0. The Bertz CT molecular complexity index is 1200. The minimum absolute atomic E-state index is 0.240. The van der Waals surface area contributed by atoms with Crippen molar-refractivity contribution in [1.82, 2.24) is 9.80 Å². The molecular weight excluding hydrogens is 436 g/mol. The summed E-state index contributed by atoms with van der Waals surface area (Å²) >= 11 is 0. The van der Waals surface area contributed by atoms with Crippen molar-refractivity contribution >= 4 is 5.57 Å². The molecule has 1 fully saturated rings. The third kappa shape index (κ3) is 5.99. The van der Waals surface area contributed by atoms with Gasteiger partial charge < -0.3 is 4.90 Å². The minimum atomic E-state index is 0.240. The van der Waals surface area contributed by atoms with Crippen molar-refractivity contribution in [2.75, 3.05) is 19.6 Å². The second kappa shape index (κ2) is 10.9. The Balaban J connectivity index is 1.50. The van der Waals surface area contributed by atoms with Crippen LogP contribution in [0.1, 0.15) is 57.2 Å². The first-order valence-electron chi connectivity index (χ1n) is 13.2. The van der Waals surface area contributed by atoms with E-state index in [2.05, 4.69) is 118 Å². The number of allylic oxidation sites excluding steroid dienone is 7. The molecule has 2 heterocycles. The van der Waals surface area contributed by atoms with Gasteiger partial charge in [0.05, 0.1) is 0 Å². The van der Waals surface area contributed by atoms with Crippen molar-refractivity contribution in [3.63, 3.8) is 0 Å². The van der Waals surface area contributed by atoms with Gasteiger partial charge in [0.15, 0.2) is 0 Å². The zero-order chi connectivity index (χ0) is 25.9. The summed E-state index contributed by atoms with van der Waals surface area (Å²) in [4.78, 5) is 4.57. The zero-order valence-corrected chi connectivity index (χ0v) is 22.7. The van der Waals surface area contributed by atoms with Crippen LogP contribution in [-0.4, -0.2) is 29.4 Å². The van der Waals surface area contributed by atoms with Crippen LogP contribution in [0.2, 0.25) is 0 Å². The van der Waals surface area contributed by atoms with Crippen LogP contribution in [0, 0.1) is 5.41 Å². The molecule has 0 atom stereocenters. The molecule has 0 saturated carbocycles. The van der Waals surface area contributed by atoms with Gasteiger partial charge in [-0.25, -0.2) is 0 Å². The molecule has 0 bridgehead atoms. The number of benzene rings is 1. The van der Waals surface area contributed by atoms with Gasteiger partial charge >= 0.3 is 0 Å². The summed E-state index contributed by atoms with van der Waals surface area (Å²) in [5, 5.41) is 0. The Morgan fingerprint density at radius 3 is 2.42 bits per heavy atom.